The Morgan fingerprint density at radius 3 is 2.40 bits per heavy atom. The predicted octanol–water partition coefficient (Wildman–Crippen LogP) is 1.86. The second kappa shape index (κ2) is 14.3. The van der Waals surface area contributed by atoms with Crippen LogP contribution in [0.4, 0.5) is 11.4 Å². The van der Waals surface area contributed by atoms with Crippen molar-refractivity contribution >= 4 is 41.7 Å². The van der Waals surface area contributed by atoms with Crippen LogP contribution in [0.2, 0.25) is 0 Å². The smallest absolute Gasteiger partial charge is 0.251 e. The van der Waals surface area contributed by atoms with E-state index in [-0.39, 0.29) is 31.3 Å². The molecule has 1 heterocycles. The average molecular weight is 481 g/mol. The highest BCUT2D eigenvalue weighted by atomic mass is 16.2. The van der Waals surface area contributed by atoms with Gasteiger partial charge in [0.25, 0.3) is 5.91 Å². The Hall–Kier alpha value is -4.01. The molecule has 3 N–H and O–H groups in total. The molecule has 0 aromatic heterocycles. The Labute approximate surface area is 205 Å². The number of amides is 3. The number of para-hydroxylation sites is 2. The lowest BCUT2D eigenvalue weighted by Gasteiger charge is -2.25. The Bertz CT molecular complexity index is 1010. The van der Waals surface area contributed by atoms with E-state index >= 15 is 0 Å². The molecule has 0 fully saturated rings. The minimum atomic E-state index is -0.827. The molecule has 0 bridgehead atoms. The largest absolute Gasteiger partial charge is 0.381 e. The van der Waals surface area contributed by atoms with Gasteiger partial charge in [0, 0.05) is 13.0 Å². The monoisotopic (exact) mass is 480 g/mol. The van der Waals surface area contributed by atoms with E-state index < -0.39 is 18.0 Å². The highest BCUT2D eigenvalue weighted by Crippen LogP contribution is 2.28. The van der Waals surface area contributed by atoms with Crippen LogP contribution in [0.5, 0.6) is 0 Å². The summed E-state index contributed by atoms with van der Waals surface area (Å²) in [6.45, 7) is 3.19. The van der Waals surface area contributed by atoms with Crippen LogP contribution in [0.15, 0.2) is 54.6 Å². The van der Waals surface area contributed by atoms with Crippen molar-refractivity contribution in [1.29, 1.82) is 0 Å². The summed E-state index contributed by atoms with van der Waals surface area (Å²) in [7, 11) is 0. The number of aldehydes is 2. The lowest BCUT2D eigenvalue weighted by atomic mass is 10.1. The molecule has 2 aromatic carbocycles. The van der Waals surface area contributed by atoms with Gasteiger partial charge in [0.15, 0.2) is 0 Å². The van der Waals surface area contributed by atoms with Gasteiger partial charge in [0.1, 0.15) is 25.2 Å². The first-order chi connectivity index (χ1) is 16.9. The molecule has 3 amide bonds. The summed E-state index contributed by atoms with van der Waals surface area (Å²) in [5.74, 6) is -1.07. The topological polar surface area (TPSA) is 125 Å². The van der Waals surface area contributed by atoms with Crippen LogP contribution < -0.4 is 20.9 Å². The summed E-state index contributed by atoms with van der Waals surface area (Å²) in [6.07, 6.45) is 2.70. The van der Waals surface area contributed by atoms with E-state index in [1.807, 2.05) is 42.5 Å². The number of nitrogens with one attached hydrogen (secondary N) is 3. The highest BCUT2D eigenvalue weighted by molar-refractivity contribution is 6.06. The number of hydrogen-bond donors (Lipinski definition) is 3. The molecule has 1 aliphatic rings. The molecule has 35 heavy (non-hydrogen) atoms. The number of aryl methyl sites for hydroxylation is 1. The van der Waals surface area contributed by atoms with Crippen LogP contribution in [0.1, 0.15) is 32.3 Å². The SMILES string of the molecule is CC=O.CC[C@@H](C=O)NC(=O)CN1C(=O)[C@@H](NC(=O)CCc2ccccc2)CNc2ccccc21. The summed E-state index contributed by atoms with van der Waals surface area (Å²) in [4.78, 5) is 59.6. The third-order valence-electron chi connectivity index (χ3n) is 5.33. The average Bonchev–Trinajstić information content (AvgIpc) is 2.99. The van der Waals surface area contributed by atoms with Gasteiger partial charge in [-0.1, -0.05) is 49.4 Å². The van der Waals surface area contributed by atoms with Crippen LogP contribution in [0, 0.1) is 0 Å². The number of carbonyl (C=O) groups excluding carboxylic acids is 5. The third-order valence-corrected chi connectivity index (χ3v) is 5.33. The minimum Gasteiger partial charge on any atom is -0.381 e. The zero-order valence-corrected chi connectivity index (χ0v) is 20.0. The molecule has 0 unspecified atom stereocenters. The fourth-order valence-electron chi connectivity index (χ4n) is 3.54. The standard InChI is InChI=1S/C24H28N4O4.C2H4O/c1-2-18(16-29)26-23(31)15-28-21-11-7-6-10-19(21)25-14-20(24(28)32)27-22(30)13-12-17-8-4-3-5-9-17;1-2-3/h3-11,16,18,20,25H,2,12-15H2,1H3,(H,26,31)(H,27,30);2H,1H3/t18-,20-;/m0./s1. The zero-order chi connectivity index (χ0) is 25.6. The number of fused-ring (bicyclic) bond motifs is 1. The van der Waals surface area contributed by atoms with Crippen LogP contribution in [0.3, 0.4) is 0 Å². The van der Waals surface area contributed by atoms with Crippen molar-refractivity contribution in [3.05, 3.63) is 60.2 Å². The number of hydrogen-bond acceptors (Lipinski definition) is 6. The molecule has 0 spiro atoms. The quantitative estimate of drug-likeness (QED) is 0.471. The lowest BCUT2D eigenvalue weighted by molar-refractivity contribution is -0.128. The van der Waals surface area contributed by atoms with E-state index in [1.54, 1.807) is 19.1 Å². The van der Waals surface area contributed by atoms with Gasteiger partial charge < -0.3 is 25.5 Å². The number of carbonyl (C=O) groups is 5. The maximum atomic E-state index is 13.3. The van der Waals surface area contributed by atoms with Crippen LogP contribution in [-0.2, 0) is 30.4 Å². The van der Waals surface area contributed by atoms with Gasteiger partial charge in [0.2, 0.25) is 11.8 Å². The molecule has 0 aliphatic carbocycles. The van der Waals surface area contributed by atoms with E-state index in [4.69, 9.17) is 4.79 Å². The Morgan fingerprint density at radius 1 is 1.09 bits per heavy atom. The summed E-state index contributed by atoms with van der Waals surface area (Å²) < 4.78 is 0. The maximum Gasteiger partial charge on any atom is 0.251 e. The molecule has 2 atom stereocenters. The summed E-state index contributed by atoms with van der Waals surface area (Å²) in [5, 5.41) is 8.61. The van der Waals surface area contributed by atoms with Crippen molar-refractivity contribution in [1.82, 2.24) is 10.6 Å². The Balaban J connectivity index is 0.00000137. The fourth-order valence-corrected chi connectivity index (χ4v) is 3.54. The number of rotatable bonds is 9. The predicted molar refractivity (Wildman–Crippen MR) is 134 cm³/mol. The van der Waals surface area contributed by atoms with Crippen molar-refractivity contribution in [2.24, 2.45) is 0 Å². The maximum absolute atomic E-state index is 13.3. The van der Waals surface area contributed by atoms with Crippen molar-refractivity contribution in [2.75, 3.05) is 23.3 Å². The highest BCUT2D eigenvalue weighted by Gasteiger charge is 2.32. The van der Waals surface area contributed by atoms with Crippen LogP contribution in [0.25, 0.3) is 0 Å². The zero-order valence-electron chi connectivity index (χ0n) is 20.0. The number of nitrogens with zero attached hydrogens (tertiary/aromatic N) is 1. The molecular formula is C26H32N4O5. The van der Waals surface area contributed by atoms with Crippen molar-refractivity contribution in [3.63, 3.8) is 0 Å². The Morgan fingerprint density at radius 2 is 1.74 bits per heavy atom. The molecule has 9 nitrogen and oxygen atoms in total. The molecular weight excluding hydrogens is 448 g/mol. The van der Waals surface area contributed by atoms with E-state index in [0.29, 0.717) is 30.5 Å². The van der Waals surface area contributed by atoms with E-state index in [1.165, 1.54) is 11.8 Å². The molecule has 0 saturated heterocycles. The summed E-state index contributed by atoms with van der Waals surface area (Å²) in [5.41, 5.74) is 2.28. The first kappa shape index (κ1) is 27.2. The van der Waals surface area contributed by atoms with Crippen molar-refractivity contribution in [2.45, 2.75) is 45.2 Å². The van der Waals surface area contributed by atoms with Gasteiger partial charge >= 0.3 is 0 Å². The molecule has 0 radical (unpaired) electrons. The molecule has 1 aliphatic heterocycles. The molecule has 3 rings (SSSR count). The first-order valence-corrected chi connectivity index (χ1v) is 11.5. The molecule has 2 aromatic rings. The van der Waals surface area contributed by atoms with E-state index in [2.05, 4.69) is 16.0 Å². The minimum absolute atomic E-state index is 0.205. The van der Waals surface area contributed by atoms with Gasteiger partial charge in [-0.2, -0.15) is 0 Å². The van der Waals surface area contributed by atoms with Gasteiger partial charge in [-0.25, -0.2) is 0 Å². The first-order valence-electron chi connectivity index (χ1n) is 11.5. The van der Waals surface area contributed by atoms with E-state index in [9.17, 15) is 19.2 Å². The third kappa shape index (κ3) is 8.37. The molecule has 9 heteroatoms. The van der Waals surface area contributed by atoms with Gasteiger partial charge in [-0.15, -0.1) is 0 Å². The summed E-state index contributed by atoms with van der Waals surface area (Å²) in [6, 6.07) is 15.4. The van der Waals surface area contributed by atoms with Gasteiger partial charge in [0.05, 0.1) is 17.4 Å². The fraction of sp³-hybridized carbons (Fsp3) is 0.346. The molecule has 0 saturated carbocycles. The second-order valence-corrected chi connectivity index (χ2v) is 7.88. The molecule has 186 valence electrons. The summed E-state index contributed by atoms with van der Waals surface area (Å²) >= 11 is 0. The van der Waals surface area contributed by atoms with Gasteiger partial charge in [-0.3, -0.25) is 19.3 Å². The second-order valence-electron chi connectivity index (χ2n) is 7.88. The van der Waals surface area contributed by atoms with E-state index in [0.717, 1.165) is 11.8 Å². The lowest BCUT2D eigenvalue weighted by Crippen LogP contribution is -2.53. The van der Waals surface area contributed by atoms with Crippen LogP contribution >= 0.6 is 0 Å². The normalized spacial score (nSPS) is 15.2. The number of anilines is 2. The number of benzene rings is 2. The van der Waals surface area contributed by atoms with Gasteiger partial charge in [-0.05, 0) is 37.5 Å². The Kier molecular flexibility index (Phi) is 11.1. The van der Waals surface area contributed by atoms with Crippen molar-refractivity contribution < 1.29 is 24.0 Å². The van der Waals surface area contributed by atoms with Crippen LogP contribution in [-0.4, -0.2) is 55.5 Å². The van der Waals surface area contributed by atoms with Crippen molar-refractivity contribution in [3.8, 4) is 0 Å².